The summed E-state index contributed by atoms with van der Waals surface area (Å²) in [6.45, 7) is 6.77. The van der Waals surface area contributed by atoms with Crippen molar-refractivity contribution in [1.29, 1.82) is 0 Å². The first-order valence-electron chi connectivity index (χ1n) is 6.56. The zero-order chi connectivity index (χ0) is 12.8. The summed E-state index contributed by atoms with van der Waals surface area (Å²) >= 11 is 0. The van der Waals surface area contributed by atoms with Crippen LogP contribution in [0.1, 0.15) is 13.8 Å². The number of fused-ring (bicyclic) bond motifs is 1. The second kappa shape index (κ2) is 6.41. The average molecular weight is 243 g/mol. The van der Waals surface area contributed by atoms with Crippen molar-refractivity contribution in [1.82, 2.24) is 0 Å². The normalized spacial score (nSPS) is 11.1. The highest BCUT2D eigenvalue weighted by Gasteiger charge is 1.96. The van der Waals surface area contributed by atoms with Crippen LogP contribution in [0.2, 0.25) is 0 Å². The van der Waals surface area contributed by atoms with Gasteiger partial charge in [-0.25, -0.2) is 0 Å². The van der Waals surface area contributed by atoms with E-state index in [9.17, 15) is 0 Å². The van der Waals surface area contributed by atoms with Gasteiger partial charge >= 0.3 is 0 Å². The van der Waals surface area contributed by atoms with Crippen LogP contribution in [0, 0.1) is 5.92 Å². The molecule has 0 aromatic heterocycles. The first-order valence-corrected chi connectivity index (χ1v) is 6.56. The third-order valence-corrected chi connectivity index (χ3v) is 2.78. The van der Waals surface area contributed by atoms with Gasteiger partial charge in [0.05, 0.1) is 6.61 Å². The molecule has 0 amide bonds. The summed E-state index contributed by atoms with van der Waals surface area (Å²) in [5.74, 6) is 0.602. The molecule has 0 saturated carbocycles. The number of benzene rings is 2. The number of hydrogen-bond donors (Lipinski definition) is 1. The molecular formula is C16H21NO. The minimum atomic E-state index is 0.602. The van der Waals surface area contributed by atoms with Crippen LogP contribution in [-0.4, -0.2) is 19.8 Å². The van der Waals surface area contributed by atoms with E-state index in [0.717, 1.165) is 25.4 Å². The largest absolute Gasteiger partial charge is 0.383 e. The SMILES string of the molecule is CC(C)COCCNc1ccc2ccccc2c1. The Labute approximate surface area is 109 Å². The lowest BCUT2D eigenvalue weighted by atomic mass is 10.1. The fourth-order valence-electron chi connectivity index (χ4n) is 1.89. The minimum Gasteiger partial charge on any atom is -0.383 e. The molecule has 2 heteroatoms. The quantitative estimate of drug-likeness (QED) is 0.776. The zero-order valence-corrected chi connectivity index (χ0v) is 11.1. The number of rotatable bonds is 6. The molecule has 0 aliphatic rings. The molecule has 2 aromatic carbocycles. The van der Waals surface area contributed by atoms with E-state index >= 15 is 0 Å². The molecule has 0 unspecified atom stereocenters. The van der Waals surface area contributed by atoms with Crippen LogP contribution in [0.4, 0.5) is 5.69 Å². The van der Waals surface area contributed by atoms with E-state index < -0.39 is 0 Å². The monoisotopic (exact) mass is 243 g/mol. The molecule has 0 saturated heterocycles. The fraction of sp³-hybridized carbons (Fsp3) is 0.375. The van der Waals surface area contributed by atoms with E-state index in [0.29, 0.717) is 5.92 Å². The highest BCUT2D eigenvalue weighted by Crippen LogP contribution is 2.18. The van der Waals surface area contributed by atoms with Crippen molar-refractivity contribution in [2.75, 3.05) is 25.1 Å². The molecule has 2 rings (SSSR count). The topological polar surface area (TPSA) is 21.3 Å². The van der Waals surface area contributed by atoms with E-state index in [1.807, 2.05) is 0 Å². The van der Waals surface area contributed by atoms with Crippen LogP contribution in [0.5, 0.6) is 0 Å². The number of anilines is 1. The molecule has 0 aliphatic heterocycles. The maximum Gasteiger partial charge on any atom is 0.0639 e. The van der Waals surface area contributed by atoms with Gasteiger partial charge in [-0.3, -0.25) is 0 Å². The second-order valence-corrected chi connectivity index (χ2v) is 4.96. The van der Waals surface area contributed by atoms with Crippen molar-refractivity contribution >= 4 is 16.5 Å². The Morgan fingerprint density at radius 2 is 1.83 bits per heavy atom. The predicted octanol–water partition coefficient (Wildman–Crippen LogP) is 3.92. The molecule has 0 heterocycles. The van der Waals surface area contributed by atoms with Gasteiger partial charge in [0.2, 0.25) is 0 Å². The van der Waals surface area contributed by atoms with E-state index in [1.165, 1.54) is 10.8 Å². The minimum absolute atomic E-state index is 0.602. The van der Waals surface area contributed by atoms with Gasteiger partial charge in [0.25, 0.3) is 0 Å². The van der Waals surface area contributed by atoms with Crippen molar-refractivity contribution in [2.45, 2.75) is 13.8 Å². The van der Waals surface area contributed by atoms with Gasteiger partial charge in [0.1, 0.15) is 0 Å². The molecule has 0 atom stereocenters. The van der Waals surface area contributed by atoms with Crippen LogP contribution in [0.25, 0.3) is 10.8 Å². The smallest absolute Gasteiger partial charge is 0.0639 e. The molecule has 96 valence electrons. The fourth-order valence-corrected chi connectivity index (χ4v) is 1.89. The zero-order valence-electron chi connectivity index (χ0n) is 11.1. The van der Waals surface area contributed by atoms with E-state index in [-0.39, 0.29) is 0 Å². The Kier molecular flexibility index (Phi) is 4.59. The van der Waals surface area contributed by atoms with Gasteiger partial charge in [-0.15, -0.1) is 0 Å². The molecule has 0 aliphatic carbocycles. The van der Waals surface area contributed by atoms with Crippen molar-refractivity contribution in [3.8, 4) is 0 Å². The van der Waals surface area contributed by atoms with Crippen LogP contribution in [0.3, 0.4) is 0 Å². The summed E-state index contributed by atoms with van der Waals surface area (Å²) < 4.78 is 5.54. The predicted molar refractivity (Wildman–Crippen MR) is 78.1 cm³/mol. The summed E-state index contributed by atoms with van der Waals surface area (Å²) in [7, 11) is 0. The van der Waals surface area contributed by atoms with Gasteiger partial charge in [-0.2, -0.15) is 0 Å². The summed E-state index contributed by atoms with van der Waals surface area (Å²) in [4.78, 5) is 0. The summed E-state index contributed by atoms with van der Waals surface area (Å²) in [5.41, 5.74) is 1.15. The van der Waals surface area contributed by atoms with Gasteiger partial charge in [-0.05, 0) is 28.8 Å². The summed E-state index contributed by atoms with van der Waals surface area (Å²) in [6.07, 6.45) is 0. The second-order valence-electron chi connectivity index (χ2n) is 4.96. The highest BCUT2D eigenvalue weighted by molar-refractivity contribution is 5.85. The molecular weight excluding hydrogens is 222 g/mol. The summed E-state index contributed by atoms with van der Waals surface area (Å²) in [5, 5.41) is 5.93. The molecule has 2 aromatic rings. The third kappa shape index (κ3) is 3.74. The number of nitrogens with one attached hydrogen (secondary N) is 1. The highest BCUT2D eigenvalue weighted by atomic mass is 16.5. The van der Waals surface area contributed by atoms with Gasteiger partial charge < -0.3 is 10.1 Å². The van der Waals surface area contributed by atoms with Crippen molar-refractivity contribution in [3.63, 3.8) is 0 Å². The lowest BCUT2D eigenvalue weighted by Gasteiger charge is -2.09. The molecule has 0 fully saturated rings. The Bertz CT molecular complexity index is 493. The lowest BCUT2D eigenvalue weighted by molar-refractivity contribution is 0.118. The lowest BCUT2D eigenvalue weighted by Crippen LogP contribution is -2.12. The van der Waals surface area contributed by atoms with E-state index in [2.05, 4.69) is 61.6 Å². The van der Waals surface area contributed by atoms with Crippen LogP contribution in [0.15, 0.2) is 42.5 Å². The van der Waals surface area contributed by atoms with Crippen LogP contribution < -0.4 is 5.32 Å². The van der Waals surface area contributed by atoms with Crippen molar-refractivity contribution in [2.24, 2.45) is 5.92 Å². The van der Waals surface area contributed by atoms with Crippen molar-refractivity contribution < 1.29 is 4.74 Å². The summed E-state index contributed by atoms with van der Waals surface area (Å²) in [6, 6.07) is 14.8. The Hall–Kier alpha value is -1.54. The van der Waals surface area contributed by atoms with Crippen LogP contribution >= 0.6 is 0 Å². The van der Waals surface area contributed by atoms with E-state index in [1.54, 1.807) is 0 Å². The molecule has 18 heavy (non-hydrogen) atoms. The maximum atomic E-state index is 5.54. The number of ether oxygens (including phenoxy) is 1. The van der Waals surface area contributed by atoms with Crippen LogP contribution in [-0.2, 0) is 4.74 Å². The standard InChI is InChI=1S/C16H21NO/c1-13(2)12-18-10-9-17-16-8-7-14-5-3-4-6-15(14)11-16/h3-8,11,13,17H,9-10,12H2,1-2H3. The molecule has 0 spiro atoms. The first-order chi connectivity index (χ1) is 8.75. The average Bonchev–Trinajstić information content (AvgIpc) is 2.38. The van der Waals surface area contributed by atoms with Gasteiger partial charge in [0.15, 0.2) is 0 Å². The first kappa shape index (κ1) is 12.9. The Balaban J connectivity index is 1.84. The number of hydrogen-bond acceptors (Lipinski definition) is 2. The molecule has 0 bridgehead atoms. The molecule has 1 N–H and O–H groups in total. The van der Waals surface area contributed by atoms with Gasteiger partial charge in [-0.1, -0.05) is 44.2 Å². The molecule has 0 radical (unpaired) electrons. The Morgan fingerprint density at radius 3 is 2.61 bits per heavy atom. The van der Waals surface area contributed by atoms with Gasteiger partial charge in [0, 0.05) is 18.8 Å². The maximum absolute atomic E-state index is 5.54. The Morgan fingerprint density at radius 1 is 1.06 bits per heavy atom. The van der Waals surface area contributed by atoms with Crippen molar-refractivity contribution in [3.05, 3.63) is 42.5 Å². The van der Waals surface area contributed by atoms with E-state index in [4.69, 9.17) is 4.74 Å². The third-order valence-electron chi connectivity index (χ3n) is 2.78. The molecule has 2 nitrogen and oxygen atoms in total.